The Morgan fingerprint density at radius 2 is 1.77 bits per heavy atom. The first-order valence-corrected chi connectivity index (χ1v) is 7.50. The Balaban J connectivity index is 2.28. The Hall–Kier alpha value is -2.61. The van der Waals surface area contributed by atoms with Gasteiger partial charge in [0.1, 0.15) is 0 Å². The van der Waals surface area contributed by atoms with Crippen molar-refractivity contribution < 1.29 is 0 Å². The van der Waals surface area contributed by atoms with Gasteiger partial charge in [-0.25, -0.2) is 0 Å². The van der Waals surface area contributed by atoms with Crippen molar-refractivity contribution in [2.24, 2.45) is 5.10 Å². The quantitative estimate of drug-likeness (QED) is 0.418. The van der Waals surface area contributed by atoms with Gasteiger partial charge in [-0.2, -0.15) is 5.10 Å². The molecule has 0 radical (unpaired) electrons. The standard InChI is InChI=1S/C20H22N2/c1-4-11-18(20-15-10-9-12-17(20)5-2)16-21-22(3)19-13-7-6-8-14-19/h4,6-16H,1,5H2,2-3H3/b18-11-,21-16?. The van der Waals surface area contributed by atoms with Crippen molar-refractivity contribution in [3.63, 3.8) is 0 Å². The smallest absolute Gasteiger partial charge is 0.0590 e. The van der Waals surface area contributed by atoms with Crippen LogP contribution in [0, 0.1) is 0 Å². The van der Waals surface area contributed by atoms with E-state index in [1.54, 1.807) is 6.08 Å². The van der Waals surface area contributed by atoms with Crippen LogP contribution in [0.2, 0.25) is 0 Å². The summed E-state index contributed by atoms with van der Waals surface area (Å²) in [6, 6.07) is 18.5. The maximum Gasteiger partial charge on any atom is 0.0590 e. The third-order valence-electron chi connectivity index (χ3n) is 3.51. The molecule has 0 bridgehead atoms. The molecule has 0 aromatic heterocycles. The van der Waals surface area contributed by atoms with E-state index in [9.17, 15) is 0 Å². The van der Waals surface area contributed by atoms with Crippen LogP contribution in [0.1, 0.15) is 18.1 Å². The fourth-order valence-electron chi connectivity index (χ4n) is 2.30. The molecule has 0 saturated carbocycles. The van der Waals surface area contributed by atoms with Crippen molar-refractivity contribution in [1.29, 1.82) is 0 Å². The van der Waals surface area contributed by atoms with Crippen LogP contribution >= 0.6 is 0 Å². The highest BCUT2D eigenvalue weighted by molar-refractivity contribution is 6.11. The summed E-state index contributed by atoms with van der Waals surface area (Å²) >= 11 is 0. The first kappa shape index (κ1) is 15.8. The molecule has 2 aromatic rings. The zero-order chi connectivity index (χ0) is 15.8. The maximum absolute atomic E-state index is 4.56. The predicted octanol–water partition coefficient (Wildman–Crippen LogP) is 4.94. The first-order chi connectivity index (χ1) is 10.8. The lowest BCUT2D eigenvalue weighted by Gasteiger charge is -2.13. The molecule has 0 aliphatic rings. The van der Waals surface area contributed by atoms with Crippen LogP contribution < -0.4 is 5.01 Å². The molecular formula is C20H22N2. The Bertz CT molecular complexity index is 669. The van der Waals surface area contributed by atoms with Gasteiger partial charge in [0.25, 0.3) is 0 Å². The van der Waals surface area contributed by atoms with Crippen LogP contribution in [0.15, 0.2) is 78.4 Å². The average Bonchev–Trinajstić information content (AvgIpc) is 2.59. The average molecular weight is 290 g/mol. The Kier molecular flexibility index (Phi) is 5.73. The van der Waals surface area contributed by atoms with Crippen molar-refractivity contribution >= 4 is 17.5 Å². The van der Waals surface area contributed by atoms with E-state index in [1.807, 2.05) is 54.7 Å². The topological polar surface area (TPSA) is 15.6 Å². The third kappa shape index (κ3) is 3.95. The lowest BCUT2D eigenvalue weighted by atomic mass is 9.98. The molecule has 0 heterocycles. The van der Waals surface area contributed by atoms with Crippen molar-refractivity contribution in [2.75, 3.05) is 12.1 Å². The number of para-hydroxylation sites is 1. The van der Waals surface area contributed by atoms with Gasteiger partial charge in [-0.05, 0) is 29.7 Å². The van der Waals surface area contributed by atoms with Gasteiger partial charge >= 0.3 is 0 Å². The molecule has 2 nitrogen and oxygen atoms in total. The van der Waals surface area contributed by atoms with E-state index in [1.165, 1.54) is 11.1 Å². The van der Waals surface area contributed by atoms with Gasteiger partial charge in [0.15, 0.2) is 0 Å². The molecule has 0 unspecified atom stereocenters. The summed E-state index contributed by atoms with van der Waals surface area (Å²) in [4.78, 5) is 0. The number of hydrogen-bond donors (Lipinski definition) is 0. The number of aryl methyl sites for hydroxylation is 1. The Morgan fingerprint density at radius 3 is 2.45 bits per heavy atom. The van der Waals surface area contributed by atoms with E-state index >= 15 is 0 Å². The van der Waals surface area contributed by atoms with E-state index in [0.717, 1.165) is 17.7 Å². The van der Waals surface area contributed by atoms with E-state index < -0.39 is 0 Å². The zero-order valence-electron chi connectivity index (χ0n) is 13.2. The number of nitrogens with zero attached hydrogens (tertiary/aromatic N) is 2. The number of allylic oxidation sites excluding steroid dienone is 3. The zero-order valence-corrected chi connectivity index (χ0v) is 13.2. The largest absolute Gasteiger partial charge is 0.269 e. The van der Waals surface area contributed by atoms with Crippen LogP contribution in [0.4, 0.5) is 5.69 Å². The summed E-state index contributed by atoms with van der Waals surface area (Å²) in [6.45, 7) is 5.98. The van der Waals surface area contributed by atoms with Crippen molar-refractivity contribution in [2.45, 2.75) is 13.3 Å². The molecule has 0 aliphatic carbocycles. The van der Waals surface area contributed by atoms with Crippen molar-refractivity contribution in [3.05, 3.63) is 84.5 Å². The molecule has 2 aromatic carbocycles. The Morgan fingerprint density at radius 1 is 1.09 bits per heavy atom. The highest BCUT2D eigenvalue weighted by atomic mass is 15.4. The fourth-order valence-corrected chi connectivity index (χ4v) is 2.30. The van der Waals surface area contributed by atoms with E-state index in [-0.39, 0.29) is 0 Å². The fraction of sp³-hybridized carbons (Fsp3) is 0.150. The SMILES string of the molecule is C=C/C=C(/C=NN(C)c1ccccc1)c1ccccc1CC. The summed E-state index contributed by atoms with van der Waals surface area (Å²) < 4.78 is 0. The molecule has 0 saturated heterocycles. The minimum absolute atomic E-state index is 0.993. The highest BCUT2D eigenvalue weighted by Crippen LogP contribution is 2.19. The van der Waals surface area contributed by atoms with Gasteiger partial charge in [-0.1, -0.05) is 68.1 Å². The minimum atomic E-state index is 0.993. The number of benzene rings is 2. The summed E-state index contributed by atoms with van der Waals surface area (Å²) in [5.41, 5.74) is 4.63. The second-order valence-corrected chi connectivity index (χ2v) is 4.97. The number of hydrogen-bond acceptors (Lipinski definition) is 2. The number of anilines is 1. The minimum Gasteiger partial charge on any atom is -0.269 e. The summed E-state index contributed by atoms with van der Waals surface area (Å²) in [5, 5.41) is 6.42. The molecule has 0 atom stereocenters. The Labute approximate surface area is 133 Å². The molecule has 0 amide bonds. The second-order valence-electron chi connectivity index (χ2n) is 4.97. The van der Waals surface area contributed by atoms with Crippen molar-refractivity contribution in [3.8, 4) is 0 Å². The first-order valence-electron chi connectivity index (χ1n) is 7.50. The monoisotopic (exact) mass is 290 g/mol. The van der Waals surface area contributed by atoms with Gasteiger partial charge in [0, 0.05) is 12.6 Å². The highest BCUT2D eigenvalue weighted by Gasteiger charge is 2.04. The van der Waals surface area contributed by atoms with Crippen LogP contribution in [-0.2, 0) is 6.42 Å². The van der Waals surface area contributed by atoms with Crippen LogP contribution in [0.25, 0.3) is 5.57 Å². The lowest BCUT2D eigenvalue weighted by Crippen LogP contribution is -2.08. The molecule has 0 fully saturated rings. The molecule has 2 heteroatoms. The molecule has 2 rings (SSSR count). The van der Waals surface area contributed by atoms with Crippen LogP contribution in [0.5, 0.6) is 0 Å². The molecule has 22 heavy (non-hydrogen) atoms. The molecule has 0 N–H and O–H groups in total. The van der Waals surface area contributed by atoms with Crippen LogP contribution in [0.3, 0.4) is 0 Å². The maximum atomic E-state index is 4.56. The molecule has 0 aliphatic heterocycles. The van der Waals surface area contributed by atoms with E-state index in [4.69, 9.17) is 0 Å². The van der Waals surface area contributed by atoms with E-state index in [2.05, 4.69) is 42.9 Å². The van der Waals surface area contributed by atoms with Crippen molar-refractivity contribution in [1.82, 2.24) is 0 Å². The molecule has 112 valence electrons. The van der Waals surface area contributed by atoms with Gasteiger partial charge in [-0.3, -0.25) is 5.01 Å². The third-order valence-corrected chi connectivity index (χ3v) is 3.51. The summed E-state index contributed by atoms with van der Waals surface area (Å²) in [6.07, 6.45) is 6.68. The molecular weight excluding hydrogens is 268 g/mol. The normalized spacial score (nSPS) is 11.6. The predicted molar refractivity (Wildman–Crippen MR) is 97.3 cm³/mol. The number of hydrazone groups is 1. The second kappa shape index (κ2) is 7.99. The number of rotatable bonds is 6. The van der Waals surface area contributed by atoms with Gasteiger partial charge < -0.3 is 0 Å². The summed E-state index contributed by atoms with van der Waals surface area (Å²) in [5.74, 6) is 0. The van der Waals surface area contributed by atoms with Gasteiger partial charge in [0.05, 0.1) is 11.9 Å². The summed E-state index contributed by atoms with van der Waals surface area (Å²) in [7, 11) is 1.95. The van der Waals surface area contributed by atoms with Gasteiger partial charge in [-0.15, -0.1) is 0 Å². The molecule has 0 spiro atoms. The van der Waals surface area contributed by atoms with Gasteiger partial charge in [0.2, 0.25) is 0 Å². The van der Waals surface area contributed by atoms with Crippen LogP contribution in [-0.4, -0.2) is 13.3 Å². The van der Waals surface area contributed by atoms with E-state index in [0.29, 0.717) is 0 Å². The lowest BCUT2D eigenvalue weighted by molar-refractivity contribution is 1.03.